The van der Waals surface area contributed by atoms with Gasteiger partial charge >= 0.3 is 6.61 Å². The minimum atomic E-state index is -2.83. The highest BCUT2D eigenvalue weighted by molar-refractivity contribution is 9.10. The van der Waals surface area contributed by atoms with Crippen molar-refractivity contribution in [3.63, 3.8) is 0 Å². The molecule has 0 amide bonds. The van der Waals surface area contributed by atoms with Crippen LogP contribution in [0.2, 0.25) is 0 Å². The van der Waals surface area contributed by atoms with Crippen LogP contribution in [-0.2, 0) is 6.54 Å². The van der Waals surface area contributed by atoms with Crippen molar-refractivity contribution in [1.82, 2.24) is 5.32 Å². The highest BCUT2D eigenvalue weighted by atomic mass is 79.9. The van der Waals surface area contributed by atoms with Crippen molar-refractivity contribution in [3.05, 3.63) is 28.2 Å². The molecular formula is C13H18BrF2NO2. The van der Waals surface area contributed by atoms with E-state index in [1.165, 1.54) is 6.07 Å². The zero-order valence-electron chi connectivity index (χ0n) is 10.7. The highest BCUT2D eigenvalue weighted by Crippen LogP contribution is 2.25. The van der Waals surface area contributed by atoms with Crippen LogP contribution in [0.4, 0.5) is 8.78 Å². The Hall–Kier alpha value is -0.720. The molecule has 0 bridgehead atoms. The van der Waals surface area contributed by atoms with E-state index in [9.17, 15) is 8.78 Å². The Labute approximate surface area is 120 Å². The van der Waals surface area contributed by atoms with Gasteiger partial charge in [0.15, 0.2) is 0 Å². The fourth-order valence-corrected chi connectivity index (χ4v) is 2.17. The molecule has 0 fully saturated rings. The van der Waals surface area contributed by atoms with E-state index in [1.807, 2.05) is 6.92 Å². The molecule has 0 aliphatic carbocycles. The van der Waals surface area contributed by atoms with E-state index in [0.717, 1.165) is 10.9 Å². The van der Waals surface area contributed by atoms with Crippen LogP contribution in [0, 0.1) is 0 Å². The van der Waals surface area contributed by atoms with Crippen molar-refractivity contribution in [2.24, 2.45) is 0 Å². The second kappa shape index (κ2) is 8.45. The van der Waals surface area contributed by atoms with Gasteiger partial charge in [-0.05, 0) is 31.0 Å². The maximum absolute atomic E-state index is 12.3. The van der Waals surface area contributed by atoms with Gasteiger partial charge in [0.2, 0.25) is 0 Å². The van der Waals surface area contributed by atoms with E-state index < -0.39 is 6.61 Å². The van der Waals surface area contributed by atoms with Crippen LogP contribution >= 0.6 is 15.9 Å². The smallest absolute Gasteiger partial charge is 0.387 e. The lowest BCUT2D eigenvalue weighted by atomic mass is 10.1. The highest BCUT2D eigenvalue weighted by Gasteiger charge is 2.12. The molecule has 0 spiro atoms. The molecule has 2 N–H and O–H groups in total. The Morgan fingerprint density at radius 1 is 1.42 bits per heavy atom. The molecule has 6 heteroatoms. The molecule has 0 aliphatic heterocycles. The van der Waals surface area contributed by atoms with Gasteiger partial charge in [0.25, 0.3) is 0 Å². The summed E-state index contributed by atoms with van der Waals surface area (Å²) in [5, 5.41) is 12.1. The maximum Gasteiger partial charge on any atom is 0.387 e. The van der Waals surface area contributed by atoms with Crippen LogP contribution in [0.3, 0.4) is 0 Å². The second-order valence-electron chi connectivity index (χ2n) is 4.13. The van der Waals surface area contributed by atoms with Crippen molar-refractivity contribution in [2.75, 3.05) is 6.61 Å². The van der Waals surface area contributed by atoms with Crippen molar-refractivity contribution in [1.29, 1.82) is 0 Å². The number of aliphatic hydroxyl groups is 1. The van der Waals surface area contributed by atoms with Crippen LogP contribution in [0.15, 0.2) is 22.7 Å². The first-order chi connectivity index (χ1) is 9.06. The molecule has 0 saturated heterocycles. The van der Waals surface area contributed by atoms with Gasteiger partial charge in [-0.25, -0.2) is 0 Å². The largest absolute Gasteiger partial charge is 0.434 e. The standard InChI is InChI=1S/C13H18BrF2NO2/c1-2-11(5-6-18)17-8-9-7-10(14)3-4-12(9)19-13(15)16/h3-4,7,11,13,17-18H,2,5-6,8H2,1H3. The Morgan fingerprint density at radius 2 is 2.16 bits per heavy atom. The molecule has 0 saturated carbocycles. The number of aliphatic hydroxyl groups excluding tert-OH is 1. The minimum absolute atomic E-state index is 0.102. The summed E-state index contributed by atoms with van der Waals surface area (Å²) in [6.45, 7) is -0.311. The molecule has 0 aromatic heterocycles. The van der Waals surface area contributed by atoms with Gasteiger partial charge in [-0.1, -0.05) is 22.9 Å². The summed E-state index contributed by atoms with van der Waals surface area (Å²) in [6.07, 6.45) is 1.50. The molecule has 1 rings (SSSR count). The van der Waals surface area contributed by atoms with Gasteiger partial charge in [-0.2, -0.15) is 8.78 Å². The average Bonchev–Trinajstić information content (AvgIpc) is 2.36. The summed E-state index contributed by atoms with van der Waals surface area (Å²) in [6, 6.07) is 5.08. The molecule has 1 atom stereocenters. The summed E-state index contributed by atoms with van der Waals surface area (Å²) >= 11 is 3.31. The van der Waals surface area contributed by atoms with E-state index in [-0.39, 0.29) is 18.4 Å². The molecule has 1 aromatic rings. The van der Waals surface area contributed by atoms with E-state index in [1.54, 1.807) is 12.1 Å². The van der Waals surface area contributed by atoms with Gasteiger partial charge in [-0.15, -0.1) is 0 Å². The molecule has 19 heavy (non-hydrogen) atoms. The van der Waals surface area contributed by atoms with Gasteiger partial charge in [0, 0.05) is 29.2 Å². The average molecular weight is 338 g/mol. The lowest BCUT2D eigenvalue weighted by Gasteiger charge is -2.17. The Balaban J connectivity index is 2.71. The van der Waals surface area contributed by atoms with Crippen LogP contribution in [0.1, 0.15) is 25.3 Å². The second-order valence-corrected chi connectivity index (χ2v) is 5.04. The molecule has 1 unspecified atom stereocenters. The topological polar surface area (TPSA) is 41.5 Å². The molecule has 1 aromatic carbocycles. The van der Waals surface area contributed by atoms with Crippen LogP contribution < -0.4 is 10.1 Å². The van der Waals surface area contributed by atoms with E-state index >= 15 is 0 Å². The SMILES string of the molecule is CCC(CCO)NCc1cc(Br)ccc1OC(F)F. The number of hydrogen-bond acceptors (Lipinski definition) is 3. The van der Waals surface area contributed by atoms with Crippen molar-refractivity contribution in [2.45, 2.75) is 39.0 Å². The first-order valence-electron chi connectivity index (χ1n) is 6.14. The Bertz CT molecular complexity index is 391. The predicted molar refractivity (Wildman–Crippen MR) is 73.4 cm³/mol. The number of hydrogen-bond donors (Lipinski definition) is 2. The quantitative estimate of drug-likeness (QED) is 0.764. The number of nitrogens with one attached hydrogen (secondary N) is 1. The monoisotopic (exact) mass is 337 g/mol. The minimum Gasteiger partial charge on any atom is -0.434 e. The predicted octanol–water partition coefficient (Wildman–Crippen LogP) is 3.30. The van der Waals surface area contributed by atoms with E-state index in [0.29, 0.717) is 18.5 Å². The fraction of sp³-hybridized carbons (Fsp3) is 0.538. The summed E-state index contributed by atoms with van der Waals surface area (Å²) in [5.41, 5.74) is 0.658. The number of halogens is 3. The molecule has 0 radical (unpaired) electrons. The summed E-state index contributed by atoms with van der Waals surface area (Å²) in [7, 11) is 0. The summed E-state index contributed by atoms with van der Waals surface area (Å²) in [5.74, 6) is 0.171. The summed E-state index contributed by atoms with van der Waals surface area (Å²) < 4.78 is 29.9. The van der Waals surface area contributed by atoms with Crippen molar-refractivity contribution < 1.29 is 18.6 Å². The maximum atomic E-state index is 12.3. The van der Waals surface area contributed by atoms with Gasteiger partial charge in [-0.3, -0.25) is 0 Å². The van der Waals surface area contributed by atoms with Crippen LogP contribution in [-0.4, -0.2) is 24.4 Å². The van der Waals surface area contributed by atoms with Crippen LogP contribution in [0.5, 0.6) is 5.75 Å². The van der Waals surface area contributed by atoms with Crippen molar-refractivity contribution in [3.8, 4) is 5.75 Å². The fourth-order valence-electron chi connectivity index (χ4n) is 1.76. The van der Waals surface area contributed by atoms with Crippen molar-refractivity contribution >= 4 is 15.9 Å². The van der Waals surface area contributed by atoms with Gasteiger partial charge in [0.05, 0.1) is 0 Å². The lowest BCUT2D eigenvalue weighted by molar-refractivity contribution is -0.0505. The van der Waals surface area contributed by atoms with E-state index in [4.69, 9.17) is 5.11 Å². The van der Waals surface area contributed by atoms with E-state index in [2.05, 4.69) is 26.0 Å². The van der Waals surface area contributed by atoms with Gasteiger partial charge in [0.1, 0.15) is 5.75 Å². The molecular weight excluding hydrogens is 320 g/mol. The third kappa shape index (κ3) is 5.84. The Kier molecular flexibility index (Phi) is 7.27. The number of ether oxygens (including phenoxy) is 1. The molecule has 108 valence electrons. The molecule has 3 nitrogen and oxygen atoms in total. The van der Waals surface area contributed by atoms with Gasteiger partial charge < -0.3 is 15.2 Å². The lowest BCUT2D eigenvalue weighted by Crippen LogP contribution is -2.29. The number of rotatable bonds is 8. The zero-order valence-corrected chi connectivity index (χ0v) is 12.3. The number of benzene rings is 1. The molecule has 0 aliphatic rings. The first-order valence-corrected chi connectivity index (χ1v) is 6.93. The molecule has 0 heterocycles. The number of alkyl halides is 2. The van der Waals surface area contributed by atoms with Crippen LogP contribution in [0.25, 0.3) is 0 Å². The zero-order chi connectivity index (χ0) is 14.3. The summed E-state index contributed by atoms with van der Waals surface area (Å²) in [4.78, 5) is 0. The third-order valence-electron chi connectivity index (χ3n) is 2.79. The normalized spacial score (nSPS) is 12.7. The Morgan fingerprint density at radius 3 is 2.74 bits per heavy atom. The first kappa shape index (κ1) is 16.3. The third-order valence-corrected chi connectivity index (χ3v) is 3.28.